The summed E-state index contributed by atoms with van der Waals surface area (Å²) in [7, 11) is 0. The number of hydrogen-bond acceptors (Lipinski definition) is 3. The fourth-order valence-corrected chi connectivity index (χ4v) is 4.64. The van der Waals surface area contributed by atoms with E-state index in [9.17, 15) is 4.79 Å². The molecule has 1 unspecified atom stereocenters. The molecular weight excluding hydrogens is 410 g/mol. The van der Waals surface area contributed by atoms with Gasteiger partial charge in [0.05, 0.1) is 17.6 Å². The molecule has 1 amide bonds. The second kappa shape index (κ2) is 9.90. The summed E-state index contributed by atoms with van der Waals surface area (Å²) >= 11 is 0. The van der Waals surface area contributed by atoms with Crippen molar-refractivity contribution in [1.82, 2.24) is 14.5 Å². The van der Waals surface area contributed by atoms with Crippen molar-refractivity contribution in [3.63, 3.8) is 0 Å². The average Bonchev–Trinajstić information content (AvgIpc) is 3.42. The number of imidazole rings is 1. The van der Waals surface area contributed by atoms with E-state index in [-0.39, 0.29) is 11.8 Å². The predicted octanol–water partition coefficient (Wildman–Crippen LogP) is 5.06. The van der Waals surface area contributed by atoms with E-state index < -0.39 is 0 Å². The molecule has 1 atom stereocenters. The van der Waals surface area contributed by atoms with Crippen LogP contribution in [0.3, 0.4) is 0 Å². The number of likely N-dealkylation sites (tertiary alicyclic amines) is 1. The van der Waals surface area contributed by atoms with Gasteiger partial charge in [0.25, 0.3) is 0 Å². The lowest BCUT2D eigenvalue weighted by atomic mass is 10.1. The number of ether oxygens (including phenoxy) is 1. The minimum atomic E-state index is 0.121. The molecule has 5 heteroatoms. The lowest BCUT2D eigenvalue weighted by Gasteiger charge is -2.17. The molecular formula is C28H29N3O2. The monoisotopic (exact) mass is 439 g/mol. The van der Waals surface area contributed by atoms with Crippen LogP contribution in [0, 0.1) is 0 Å². The van der Waals surface area contributed by atoms with E-state index >= 15 is 0 Å². The largest absolute Gasteiger partial charge is 0.494 e. The van der Waals surface area contributed by atoms with Gasteiger partial charge < -0.3 is 14.2 Å². The summed E-state index contributed by atoms with van der Waals surface area (Å²) in [4.78, 5) is 19.8. The van der Waals surface area contributed by atoms with Gasteiger partial charge in [-0.25, -0.2) is 4.98 Å². The summed E-state index contributed by atoms with van der Waals surface area (Å²) in [5.74, 6) is 2.26. The molecule has 3 aromatic carbocycles. The van der Waals surface area contributed by atoms with Gasteiger partial charge in [0, 0.05) is 32.0 Å². The van der Waals surface area contributed by atoms with Crippen molar-refractivity contribution in [3.05, 3.63) is 96.3 Å². The van der Waals surface area contributed by atoms with Crippen LogP contribution in [0.15, 0.2) is 84.9 Å². The van der Waals surface area contributed by atoms with Crippen LogP contribution in [0.25, 0.3) is 11.0 Å². The first-order chi connectivity index (χ1) is 16.3. The van der Waals surface area contributed by atoms with Gasteiger partial charge >= 0.3 is 0 Å². The molecule has 0 spiro atoms. The Balaban J connectivity index is 1.27. The van der Waals surface area contributed by atoms with Gasteiger partial charge in [-0.05, 0) is 42.7 Å². The Labute approximate surface area is 194 Å². The van der Waals surface area contributed by atoms with E-state index in [2.05, 4.69) is 34.9 Å². The summed E-state index contributed by atoms with van der Waals surface area (Å²) in [6.45, 7) is 2.94. The number of fused-ring (bicyclic) bond motifs is 1. The predicted molar refractivity (Wildman–Crippen MR) is 130 cm³/mol. The van der Waals surface area contributed by atoms with Crippen molar-refractivity contribution in [2.24, 2.45) is 0 Å². The zero-order valence-electron chi connectivity index (χ0n) is 18.8. The topological polar surface area (TPSA) is 47.4 Å². The number of hydrogen-bond donors (Lipinski definition) is 0. The summed E-state index contributed by atoms with van der Waals surface area (Å²) in [5.41, 5.74) is 3.38. The molecule has 0 bridgehead atoms. The van der Waals surface area contributed by atoms with Crippen molar-refractivity contribution in [2.45, 2.75) is 31.7 Å². The van der Waals surface area contributed by atoms with E-state index in [4.69, 9.17) is 9.72 Å². The van der Waals surface area contributed by atoms with Gasteiger partial charge in [0.15, 0.2) is 0 Å². The highest BCUT2D eigenvalue weighted by Gasteiger charge is 2.33. The number of nitrogens with zero attached hydrogens (tertiary/aromatic N) is 3. The highest BCUT2D eigenvalue weighted by Crippen LogP contribution is 2.30. The Morgan fingerprint density at radius 1 is 0.879 bits per heavy atom. The van der Waals surface area contributed by atoms with Crippen LogP contribution in [0.1, 0.15) is 30.1 Å². The molecule has 0 aliphatic carbocycles. The molecule has 1 aromatic heterocycles. The van der Waals surface area contributed by atoms with Crippen LogP contribution < -0.4 is 4.74 Å². The Morgan fingerprint density at radius 2 is 1.61 bits per heavy atom. The van der Waals surface area contributed by atoms with Crippen LogP contribution in [0.2, 0.25) is 0 Å². The lowest BCUT2D eigenvalue weighted by molar-refractivity contribution is -0.127. The first kappa shape index (κ1) is 21.3. The SMILES string of the molecule is O=C1CC(c2nc3ccccc3n2CCCOc2ccccc2)CN1CCc1ccccc1. The Bertz CT molecular complexity index is 1200. The molecule has 5 nitrogen and oxygen atoms in total. The van der Waals surface area contributed by atoms with Gasteiger partial charge in [0.1, 0.15) is 11.6 Å². The van der Waals surface area contributed by atoms with Crippen molar-refractivity contribution in [3.8, 4) is 5.75 Å². The van der Waals surface area contributed by atoms with Crippen LogP contribution in [-0.2, 0) is 17.8 Å². The standard InChI is InChI=1S/C28H29N3O2/c32-27-20-23(21-30(27)18-16-22-10-3-1-4-11-22)28-29-25-14-7-8-15-26(25)31(28)17-9-19-33-24-12-5-2-6-13-24/h1-8,10-15,23H,9,16-21H2. The molecule has 1 aliphatic rings. The molecule has 2 heterocycles. The number of para-hydroxylation sites is 3. The Kier molecular flexibility index (Phi) is 6.38. The second-order valence-corrected chi connectivity index (χ2v) is 8.60. The third kappa shape index (κ3) is 4.92. The second-order valence-electron chi connectivity index (χ2n) is 8.60. The maximum atomic E-state index is 12.8. The van der Waals surface area contributed by atoms with Crippen molar-refractivity contribution in [1.29, 1.82) is 0 Å². The molecule has 1 saturated heterocycles. The van der Waals surface area contributed by atoms with Crippen LogP contribution in [-0.4, -0.2) is 40.1 Å². The number of aromatic nitrogens is 2. The van der Waals surface area contributed by atoms with Crippen molar-refractivity contribution >= 4 is 16.9 Å². The quantitative estimate of drug-likeness (QED) is 0.342. The highest BCUT2D eigenvalue weighted by atomic mass is 16.5. The highest BCUT2D eigenvalue weighted by molar-refractivity contribution is 5.81. The molecule has 1 fully saturated rings. The van der Waals surface area contributed by atoms with Gasteiger partial charge in [-0.1, -0.05) is 60.7 Å². The van der Waals surface area contributed by atoms with Gasteiger partial charge in [-0.2, -0.15) is 0 Å². The normalized spacial score (nSPS) is 15.9. The zero-order valence-corrected chi connectivity index (χ0v) is 18.8. The van der Waals surface area contributed by atoms with E-state index in [1.807, 2.05) is 59.5 Å². The maximum Gasteiger partial charge on any atom is 0.223 e. The first-order valence-electron chi connectivity index (χ1n) is 11.7. The Morgan fingerprint density at radius 3 is 2.42 bits per heavy atom. The van der Waals surface area contributed by atoms with E-state index in [0.717, 1.165) is 55.1 Å². The number of carbonyl (C=O) groups is 1. The number of rotatable bonds is 9. The number of aryl methyl sites for hydroxylation is 1. The zero-order chi connectivity index (χ0) is 22.5. The van der Waals surface area contributed by atoms with E-state index in [1.165, 1.54) is 5.56 Å². The summed E-state index contributed by atoms with van der Waals surface area (Å²) in [6, 6.07) is 28.5. The van der Waals surface area contributed by atoms with Crippen LogP contribution in [0.5, 0.6) is 5.75 Å². The van der Waals surface area contributed by atoms with E-state index in [0.29, 0.717) is 13.0 Å². The van der Waals surface area contributed by atoms with Crippen LogP contribution in [0.4, 0.5) is 0 Å². The van der Waals surface area contributed by atoms with Crippen molar-refractivity contribution in [2.75, 3.05) is 19.7 Å². The lowest BCUT2D eigenvalue weighted by Crippen LogP contribution is -2.27. The third-order valence-electron chi connectivity index (χ3n) is 6.31. The maximum absolute atomic E-state index is 12.8. The average molecular weight is 440 g/mol. The molecule has 1 aliphatic heterocycles. The van der Waals surface area contributed by atoms with E-state index in [1.54, 1.807) is 0 Å². The number of carbonyl (C=O) groups excluding carboxylic acids is 1. The minimum Gasteiger partial charge on any atom is -0.494 e. The molecule has 4 aromatic rings. The summed E-state index contributed by atoms with van der Waals surface area (Å²) in [5, 5.41) is 0. The van der Waals surface area contributed by atoms with Gasteiger partial charge in [0.2, 0.25) is 5.91 Å². The smallest absolute Gasteiger partial charge is 0.223 e. The van der Waals surface area contributed by atoms with Crippen molar-refractivity contribution < 1.29 is 9.53 Å². The fourth-order valence-electron chi connectivity index (χ4n) is 4.64. The molecule has 0 radical (unpaired) electrons. The molecule has 0 saturated carbocycles. The first-order valence-corrected chi connectivity index (χ1v) is 11.7. The number of amides is 1. The molecule has 0 N–H and O–H groups in total. The summed E-state index contributed by atoms with van der Waals surface area (Å²) in [6.07, 6.45) is 2.28. The molecule has 168 valence electrons. The fraction of sp³-hybridized carbons (Fsp3) is 0.286. The van der Waals surface area contributed by atoms with Gasteiger partial charge in [-0.15, -0.1) is 0 Å². The third-order valence-corrected chi connectivity index (χ3v) is 6.31. The molecule has 5 rings (SSSR count). The van der Waals surface area contributed by atoms with Gasteiger partial charge in [-0.3, -0.25) is 4.79 Å². The number of benzene rings is 3. The minimum absolute atomic E-state index is 0.121. The Hall–Kier alpha value is -3.60. The van der Waals surface area contributed by atoms with Crippen LogP contribution >= 0.6 is 0 Å². The summed E-state index contributed by atoms with van der Waals surface area (Å²) < 4.78 is 8.19. The molecule has 33 heavy (non-hydrogen) atoms.